The minimum Gasteiger partial charge on any atom is -0.464 e. The SMILES string of the molecule is Cc1ccc(C(C)NC(=O)CSc2ccc(C(N)=O)cc2[N+](=O)[O-])o1. The summed E-state index contributed by atoms with van der Waals surface area (Å²) in [7, 11) is 0. The maximum atomic E-state index is 12.0. The van der Waals surface area contributed by atoms with E-state index >= 15 is 0 Å². The minimum absolute atomic E-state index is 0.0131. The molecule has 3 N–H and O–H groups in total. The first kappa shape index (κ1) is 18.5. The molecule has 1 unspecified atom stereocenters. The van der Waals surface area contributed by atoms with Crippen molar-refractivity contribution in [2.24, 2.45) is 5.73 Å². The fourth-order valence-electron chi connectivity index (χ4n) is 2.12. The van der Waals surface area contributed by atoms with E-state index in [1.807, 2.05) is 6.92 Å². The molecule has 2 aromatic rings. The molecule has 25 heavy (non-hydrogen) atoms. The van der Waals surface area contributed by atoms with E-state index in [1.165, 1.54) is 12.1 Å². The Kier molecular flexibility index (Phi) is 5.81. The lowest BCUT2D eigenvalue weighted by Crippen LogP contribution is -2.27. The van der Waals surface area contributed by atoms with Gasteiger partial charge in [-0.3, -0.25) is 19.7 Å². The molecular weight excluding hydrogens is 346 g/mol. The van der Waals surface area contributed by atoms with Crippen LogP contribution < -0.4 is 11.1 Å². The number of nitrogens with one attached hydrogen (secondary N) is 1. The van der Waals surface area contributed by atoms with Gasteiger partial charge in [0.25, 0.3) is 5.69 Å². The van der Waals surface area contributed by atoms with Gasteiger partial charge in [-0.15, -0.1) is 11.8 Å². The van der Waals surface area contributed by atoms with Crippen LogP contribution in [0, 0.1) is 17.0 Å². The van der Waals surface area contributed by atoms with Crippen molar-refractivity contribution in [3.05, 3.63) is 57.5 Å². The lowest BCUT2D eigenvalue weighted by atomic mass is 10.2. The number of hydrogen-bond donors (Lipinski definition) is 2. The zero-order valence-corrected chi connectivity index (χ0v) is 14.5. The average molecular weight is 363 g/mol. The summed E-state index contributed by atoms with van der Waals surface area (Å²) >= 11 is 1.01. The third kappa shape index (κ3) is 4.83. The number of aryl methyl sites for hydroxylation is 1. The molecule has 2 amide bonds. The van der Waals surface area contributed by atoms with Crippen molar-refractivity contribution < 1.29 is 18.9 Å². The topological polar surface area (TPSA) is 128 Å². The first-order chi connectivity index (χ1) is 11.8. The van der Waals surface area contributed by atoms with Crippen LogP contribution in [0.1, 0.15) is 34.8 Å². The van der Waals surface area contributed by atoms with Crippen molar-refractivity contribution >= 4 is 29.3 Å². The standard InChI is InChI=1S/C16H17N3O5S/c1-9-3-5-13(24-9)10(2)18-15(20)8-25-14-6-4-11(16(17)21)7-12(14)19(22)23/h3-7,10H,8H2,1-2H3,(H2,17,21)(H,18,20). The zero-order chi connectivity index (χ0) is 18.6. The summed E-state index contributed by atoms with van der Waals surface area (Å²) in [5.74, 6) is 0.323. The van der Waals surface area contributed by atoms with Gasteiger partial charge in [0.15, 0.2) is 0 Å². The van der Waals surface area contributed by atoms with Gasteiger partial charge in [0.05, 0.1) is 21.6 Å². The summed E-state index contributed by atoms with van der Waals surface area (Å²) in [5, 5.41) is 13.9. The van der Waals surface area contributed by atoms with Gasteiger partial charge in [-0.1, -0.05) is 0 Å². The maximum absolute atomic E-state index is 12.0. The van der Waals surface area contributed by atoms with Gasteiger partial charge >= 0.3 is 0 Å². The van der Waals surface area contributed by atoms with Crippen molar-refractivity contribution in [3.63, 3.8) is 0 Å². The quantitative estimate of drug-likeness (QED) is 0.442. The van der Waals surface area contributed by atoms with Crippen LogP contribution in [0.2, 0.25) is 0 Å². The highest BCUT2D eigenvalue weighted by Gasteiger charge is 2.19. The number of nitro groups is 1. The molecule has 1 atom stereocenters. The lowest BCUT2D eigenvalue weighted by molar-refractivity contribution is -0.387. The first-order valence-electron chi connectivity index (χ1n) is 7.34. The lowest BCUT2D eigenvalue weighted by Gasteiger charge is -2.11. The fraction of sp³-hybridized carbons (Fsp3) is 0.250. The van der Waals surface area contributed by atoms with E-state index in [4.69, 9.17) is 10.2 Å². The number of primary amides is 1. The molecule has 0 fully saturated rings. The van der Waals surface area contributed by atoms with Gasteiger partial charge in [-0.05, 0) is 38.1 Å². The number of rotatable bonds is 7. The summed E-state index contributed by atoms with van der Waals surface area (Å²) in [6.07, 6.45) is 0. The van der Waals surface area contributed by atoms with Crippen LogP contribution in [-0.4, -0.2) is 22.5 Å². The number of nitro benzene ring substituents is 1. The number of amides is 2. The summed E-state index contributed by atoms with van der Waals surface area (Å²) < 4.78 is 5.44. The van der Waals surface area contributed by atoms with E-state index in [9.17, 15) is 19.7 Å². The third-order valence-corrected chi connectivity index (χ3v) is 4.43. The summed E-state index contributed by atoms with van der Waals surface area (Å²) in [5.41, 5.74) is 4.91. The number of carbonyl (C=O) groups is 2. The average Bonchev–Trinajstić information content (AvgIpc) is 2.99. The largest absolute Gasteiger partial charge is 0.464 e. The molecular formula is C16H17N3O5S. The number of thioether (sulfide) groups is 1. The fourth-order valence-corrected chi connectivity index (χ4v) is 2.93. The summed E-state index contributed by atoms with van der Waals surface area (Å²) in [4.78, 5) is 34.0. The summed E-state index contributed by atoms with van der Waals surface area (Å²) in [6.45, 7) is 3.59. The molecule has 0 bridgehead atoms. The molecule has 1 heterocycles. The van der Waals surface area contributed by atoms with Crippen LogP contribution in [-0.2, 0) is 4.79 Å². The molecule has 2 rings (SSSR count). The second kappa shape index (κ2) is 7.84. The van der Waals surface area contributed by atoms with Crippen molar-refractivity contribution in [1.82, 2.24) is 5.32 Å². The number of nitrogens with two attached hydrogens (primary N) is 1. The van der Waals surface area contributed by atoms with Crippen molar-refractivity contribution in [2.45, 2.75) is 24.8 Å². The van der Waals surface area contributed by atoms with E-state index in [-0.39, 0.29) is 33.8 Å². The number of benzene rings is 1. The Morgan fingerprint density at radius 3 is 2.64 bits per heavy atom. The third-order valence-electron chi connectivity index (χ3n) is 3.36. The van der Waals surface area contributed by atoms with Crippen LogP contribution >= 0.6 is 11.8 Å². The Hall–Kier alpha value is -2.81. The first-order valence-corrected chi connectivity index (χ1v) is 8.33. The highest BCUT2D eigenvalue weighted by atomic mass is 32.2. The van der Waals surface area contributed by atoms with Gasteiger partial charge in [-0.25, -0.2) is 0 Å². The molecule has 0 spiro atoms. The Balaban J connectivity index is 2.01. The molecule has 0 saturated heterocycles. The highest BCUT2D eigenvalue weighted by Crippen LogP contribution is 2.30. The van der Waals surface area contributed by atoms with E-state index in [2.05, 4.69) is 5.32 Å². The molecule has 132 valence electrons. The molecule has 0 radical (unpaired) electrons. The Morgan fingerprint density at radius 1 is 1.36 bits per heavy atom. The molecule has 9 heteroatoms. The van der Waals surface area contributed by atoms with Crippen LogP contribution in [0.5, 0.6) is 0 Å². The number of nitrogens with zero attached hydrogens (tertiary/aromatic N) is 1. The minimum atomic E-state index is -0.750. The predicted molar refractivity (Wildman–Crippen MR) is 92.3 cm³/mol. The van der Waals surface area contributed by atoms with E-state index in [0.717, 1.165) is 23.6 Å². The number of hydrogen-bond acceptors (Lipinski definition) is 6. The molecule has 0 aliphatic carbocycles. The van der Waals surface area contributed by atoms with Crippen LogP contribution in [0.4, 0.5) is 5.69 Å². The van der Waals surface area contributed by atoms with Crippen LogP contribution in [0.25, 0.3) is 0 Å². The number of furan rings is 1. The predicted octanol–water partition coefficient (Wildman–Crippen LogP) is 2.56. The number of carbonyl (C=O) groups excluding carboxylic acids is 2. The van der Waals surface area contributed by atoms with Gasteiger partial charge in [0.1, 0.15) is 11.5 Å². The normalized spacial score (nSPS) is 11.8. The monoisotopic (exact) mass is 363 g/mol. The highest BCUT2D eigenvalue weighted by molar-refractivity contribution is 8.00. The van der Waals surface area contributed by atoms with Gasteiger partial charge in [-0.2, -0.15) is 0 Å². The second-order valence-corrected chi connectivity index (χ2v) is 6.35. The molecule has 0 aliphatic rings. The molecule has 0 aliphatic heterocycles. The molecule has 1 aromatic carbocycles. The van der Waals surface area contributed by atoms with Gasteiger partial charge in [0, 0.05) is 11.6 Å². The Morgan fingerprint density at radius 2 is 2.08 bits per heavy atom. The Labute approximate surface area is 147 Å². The van der Waals surface area contributed by atoms with Gasteiger partial charge < -0.3 is 15.5 Å². The van der Waals surface area contributed by atoms with Crippen LogP contribution in [0.3, 0.4) is 0 Å². The summed E-state index contributed by atoms with van der Waals surface area (Å²) in [6, 6.07) is 7.18. The second-order valence-electron chi connectivity index (χ2n) is 5.33. The van der Waals surface area contributed by atoms with E-state index in [0.29, 0.717) is 5.76 Å². The molecule has 8 nitrogen and oxygen atoms in total. The van der Waals surface area contributed by atoms with Crippen LogP contribution in [0.15, 0.2) is 39.6 Å². The Bertz CT molecular complexity index is 818. The van der Waals surface area contributed by atoms with Crippen molar-refractivity contribution in [2.75, 3.05) is 5.75 Å². The van der Waals surface area contributed by atoms with E-state index < -0.39 is 10.8 Å². The van der Waals surface area contributed by atoms with Crippen molar-refractivity contribution in [1.29, 1.82) is 0 Å². The van der Waals surface area contributed by atoms with Crippen molar-refractivity contribution in [3.8, 4) is 0 Å². The molecule has 1 aromatic heterocycles. The molecule has 0 saturated carbocycles. The zero-order valence-electron chi connectivity index (χ0n) is 13.6. The maximum Gasteiger partial charge on any atom is 0.283 e. The smallest absolute Gasteiger partial charge is 0.283 e. The van der Waals surface area contributed by atoms with Gasteiger partial charge in [0.2, 0.25) is 11.8 Å². The van der Waals surface area contributed by atoms with E-state index in [1.54, 1.807) is 19.1 Å².